The fourth-order valence-electron chi connectivity index (χ4n) is 1.89. The Hall–Kier alpha value is -2.36. The molecule has 0 bridgehead atoms. The van der Waals surface area contributed by atoms with Gasteiger partial charge < -0.3 is 10.1 Å². The van der Waals surface area contributed by atoms with E-state index in [1.54, 1.807) is 13.1 Å². The minimum absolute atomic E-state index is 0.198. The number of nitrogens with one attached hydrogen (secondary N) is 1. The molecule has 2 heterocycles. The summed E-state index contributed by atoms with van der Waals surface area (Å²) >= 11 is 0. The van der Waals surface area contributed by atoms with Gasteiger partial charge in [-0.3, -0.25) is 9.48 Å². The van der Waals surface area contributed by atoms with Crippen LogP contribution in [0.4, 0.5) is 0 Å². The highest BCUT2D eigenvalue weighted by molar-refractivity contribution is 5.92. The quantitative estimate of drug-likeness (QED) is 0.757. The predicted molar refractivity (Wildman–Crippen MR) is 72.4 cm³/mol. The van der Waals surface area contributed by atoms with Crippen LogP contribution < -0.4 is 10.1 Å². The molecule has 106 valence electrons. The van der Waals surface area contributed by atoms with Crippen LogP contribution in [0, 0.1) is 12.3 Å². The Morgan fingerprint density at radius 3 is 2.85 bits per heavy atom. The summed E-state index contributed by atoms with van der Waals surface area (Å²) in [7, 11) is 3.20. The first kappa shape index (κ1) is 14.1. The summed E-state index contributed by atoms with van der Waals surface area (Å²) in [6.45, 7) is 0.490. The molecule has 0 spiro atoms. The summed E-state index contributed by atoms with van der Waals surface area (Å²) in [5, 5.41) is 14.9. The molecule has 1 aliphatic heterocycles. The summed E-state index contributed by atoms with van der Waals surface area (Å²) < 4.78 is 6.46. The molecule has 1 amide bonds. The number of aryl methyl sites for hydroxylation is 1. The van der Waals surface area contributed by atoms with Gasteiger partial charge in [0.25, 0.3) is 5.91 Å². The van der Waals surface area contributed by atoms with Crippen molar-refractivity contribution in [3.05, 3.63) is 11.8 Å². The second-order valence-corrected chi connectivity index (χ2v) is 4.59. The summed E-state index contributed by atoms with van der Waals surface area (Å²) in [6.07, 6.45) is 7.26. The SMILES string of the molecule is C#CCCC1(CCNC(=O)c2cc(OC)nn2C)N=N1. The number of ether oxygens (including phenoxy) is 1. The maximum Gasteiger partial charge on any atom is 0.269 e. The van der Waals surface area contributed by atoms with E-state index in [0.717, 1.165) is 6.42 Å². The zero-order valence-corrected chi connectivity index (χ0v) is 11.6. The third-order valence-corrected chi connectivity index (χ3v) is 3.16. The monoisotopic (exact) mass is 275 g/mol. The van der Waals surface area contributed by atoms with Crippen molar-refractivity contribution in [3.63, 3.8) is 0 Å². The van der Waals surface area contributed by atoms with Gasteiger partial charge in [-0.1, -0.05) is 0 Å². The summed E-state index contributed by atoms with van der Waals surface area (Å²) in [6, 6.07) is 1.59. The minimum atomic E-state index is -0.371. The molecule has 2 rings (SSSR count). The van der Waals surface area contributed by atoms with Gasteiger partial charge in [-0.15, -0.1) is 17.4 Å². The number of carbonyl (C=O) groups is 1. The Morgan fingerprint density at radius 2 is 2.30 bits per heavy atom. The molecule has 1 aromatic rings. The lowest BCUT2D eigenvalue weighted by Crippen LogP contribution is -2.29. The smallest absolute Gasteiger partial charge is 0.269 e. The molecule has 0 fully saturated rings. The third kappa shape index (κ3) is 3.15. The van der Waals surface area contributed by atoms with Crippen LogP contribution in [0.15, 0.2) is 16.3 Å². The van der Waals surface area contributed by atoms with Crippen molar-refractivity contribution >= 4 is 5.91 Å². The fraction of sp³-hybridized carbons (Fsp3) is 0.538. The van der Waals surface area contributed by atoms with Crippen LogP contribution in [-0.2, 0) is 7.05 Å². The molecule has 0 atom stereocenters. The zero-order valence-electron chi connectivity index (χ0n) is 11.6. The van der Waals surface area contributed by atoms with Gasteiger partial charge in [0.1, 0.15) is 5.69 Å². The number of terminal acetylenes is 1. The topological polar surface area (TPSA) is 80.9 Å². The first-order chi connectivity index (χ1) is 9.60. The van der Waals surface area contributed by atoms with Crippen molar-refractivity contribution in [2.45, 2.75) is 24.9 Å². The second-order valence-electron chi connectivity index (χ2n) is 4.59. The summed E-state index contributed by atoms with van der Waals surface area (Å²) in [5.74, 6) is 2.79. The summed E-state index contributed by atoms with van der Waals surface area (Å²) in [5.41, 5.74) is 0.0771. The van der Waals surface area contributed by atoms with E-state index in [9.17, 15) is 4.79 Å². The van der Waals surface area contributed by atoms with Gasteiger partial charge in [0.2, 0.25) is 5.88 Å². The van der Waals surface area contributed by atoms with E-state index in [0.29, 0.717) is 31.0 Å². The molecule has 0 aromatic carbocycles. The van der Waals surface area contributed by atoms with Gasteiger partial charge in [-0.25, -0.2) is 0 Å². The summed E-state index contributed by atoms with van der Waals surface area (Å²) in [4.78, 5) is 12.0. The van der Waals surface area contributed by atoms with E-state index in [2.05, 4.69) is 26.6 Å². The molecule has 0 saturated carbocycles. The van der Waals surface area contributed by atoms with E-state index in [-0.39, 0.29) is 11.6 Å². The van der Waals surface area contributed by atoms with Crippen LogP contribution in [0.3, 0.4) is 0 Å². The van der Waals surface area contributed by atoms with Crippen molar-refractivity contribution in [3.8, 4) is 18.2 Å². The minimum Gasteiger partial charge on any atom is -0.480 e. The number of hydrogen-bond donors (Lipinski definition) is 1. The lowest BCUT2D eigenvalue weighted by molar-refractivity contribution is 0.0942. The van der Waals surface area contributed by atoms with E-state index >= 15 is 0 Å². The average molecular weight is 275 g/mol. The van der Waals surface area contributed by atoms with Gasteiger partial charge in [0.05, 0.1) is 7.11 Å². The molecule has 0 radical (unpaired) electrons. The maximum absolute atomic E-state index is 12.0. The van der Waals surface area contributed by atoms with Crippen molar-refractivity contribution in [2.24, 2.45) is 17.3 Å². The van der Waals surface area contributed by atoms with Gasteiger partial charge in [-0.05, 0) is 0 Å². The highest BCUT2D eigenvalue weighted by Crippen LogP contribution is 2.36. The van der Waals surface area contributed by atoms with Crippen molar-refractivity contribution in [2.75, 3.05) is 13.7 Å². The maximum atomic E-state index is 12.0. The number of carbonyl (C=O) groups excluding carboxylic acids is 1. The van der Waals surface area contributed by atoms with Crippen LogP contribution in [-0.4, -0.2) is 35.0 Å². The first-order valence-corrected chi connectivity index (χ1v) is 6.34. The molecule has 1 aromatic heterocycles. The number of nitrogens with zero attached hydrogens (tertiary/aromatic N) is 4. The Kier molecular flexibility index (Phi) is 4.03. The highest BCUT2D eigenvalue weighted by Gasteiger charge is 2.38. The lowest BCUT2D eigenvalue weighted by atomic mass is 10.0. The van der Waals surface area contributed by atoms with Gasteiger partial charge in [0.15, 0.2) is 5.66 Å². The standard InChI is InChI=1S/C13H17N5O2/c1-4-5-6-13(16-17-13)7-8-14-12(19)10-9-11(20-3)15-18(10)2/h1,9H,5-8H2,2-3H3,(H,14,19). The van der Waals surface area contributed by atoms with Crippen LogP contribution >= 0.6 is 0 Å². The average Bonchev–Trinajstić information content (AvgIpc) is 3.10. The number of amides is 1. The molecule has 0 saturated heterocycles. The van der Waals surface area contributed by atoms with E-state index < -0.39 is 0 Å². The Labute approximate surface area is 117 Å². The zero-order chi connectivity index (χ0) is 14.6. The van der Waals surface area contributed by atoms with Gasteiger partial charge >= 0.3 is 0 Å². The van der Waals surface area contributed by atoms with Crippen LogP contribution in [0.25, 0.3) is 0 Å². The molecule has 1 aliphatic rings. The number of hydrogen-bond acceptors (Lipinski definition) is 5. The molecule has 7 heteroatoms. The van der Waals surface area contributed by atoms with E-state index in [1.165, 1.54) is 11.8 Å². The highest BCUT2D eigenvalue weighted by atomic mass is 16.5. The normalized spacial score (nSPS) is 14.7. The van der Waals surface area contributed by atoms with Crippen LogP contribution in [0.5, 0.6) is 5.88 Å². The van der Waals surface area contributed by atoms with Crippen LogP contribution in [0.2, 0.25) is 0 Å². The third-order valence-electron chi connectivity index (χ3n) is 3.16. The van der Waals surface area contributed by atoms with Gasteiger partial charge in [0, 0.05) is 38.9 Å². The molecule has 7 nitrogen and oxygen atoms in total. The van der Waals surface area contributed by atoms with Crippen LogP contribution in [0.1, 0.15) is 29.8 Å². The molecular weight excluding hydrogens is 258 g/mol. The number of methoxy groups -OCH3 is 1. The lowest BCUT2D eigenvalue weighted by Gasteiger charge is -2.09. The van der Waals surface area contributed by atoms with Crippen molar-refractivity contribution in [1.82, 2.24) is 15.1 Å². The number of aromatic nitrogens is 2. The van der Waals surface area contributed by atoms with E-state index in [1.807, 2.05) is 0 Å². The molecular formula is C13H17N5O2. The van der Waals surface area contributed by atoms with E-state index in [4.69, 9.17) is 11.2 Å². The molecule has 20 heavy (non-hydrogen) atoms. The molecule has 1 N–H and O–H groups in total. The fourth-order valence-corrected chi connectivity index (χ4v) is 1.89. The Morgan fingerprint density at radius 1 is 1.55 bits per heavy atom. The Bertz CT molecular complexity index is 564. The molecule has 0 aliphatic carbocycles. The van der Waals surface area contributed by atoms with Gasteiger partial charge in [-0.2, -0.15) is 10.2 Å². The second kappa shape index (κ2) is 5.74. The van der Waals surface area contributed by atoms with Crippen molar-refractivity contribution in [1.29, 1.82) is 0 Å². The first-order valence-electron chi connectivity index (χ1n) is 6.34. The predicted octanol–water partition coefficient (Wildman–Crippen LogP) is 1.12. The Balaban J connectivity index is 1.81. The largest absolute Gasteiger partial charge is 0.480 e. The number of rotatable bonds is 7. The van der Waals surface area contributed by atoms with Crippen molar-refractivity contribution < 1.29 is 9.53 Å². The molecule has 0 unspecified atom stereocenters.